The molecule has 1 aliphatic carbocycles. The summed E-state index contributed by atoms with van der Waals surface area (Å²) >= 11 is 0. The summed E-state index contributed by atoms with van der Waals surface area (Å²) in [6, 6.07) is 11.6. The Hall–Kier alpha value is -3.59. The average Bonchev–Trinajstić information content (AvgIpc) is 3.47. The van der Waals surface area contributed by atoms with Crippen LogP contribution >= 0.6 is 0 Å². The maximum Gasteiger partial charge on any atom is 0.354 e. The third kappa shape index (κ3) is 3.75. The minimum Gasteiger partial charge on any atom is -0.477 e. The Balaban J connectivity index is 1.39. The zero-order chi connectivity index (χ0) is 23.1. The third-order valence-corrected chi connectivity index (χ3v) is 6.99. The lowest BCUT2D eigenvalue weighted by Gasteiger charge is -2.37. The van der Waals surface area contributed by atoms with Gasteiger partial charge in [-0.3, -0.25) is 4.90 Å². The highest BCUT2D eigenvalue weighted by molar-refractivity contribution is 5.98. The van der Waals surface area contributed by atoms with E-state index in [0.29, 0.717) is 18.1 Å². The summed E-state index contributed by atoms with van der Waals surface area (Å²) in [6.45, 7) is 3.92. The number of carbonyl (C=O) groups is 1. The van der Waals surface area contributed by atoms with E-state index in [1.165, 1.54) is 6.42 Å². The van der Waals surface area contributed by atoms with Crippen LogP contribution < -0.4 is 4.90 Å². The largest absolute Gasteiger partial charge is 0.477 e. The van der Waals surface area contributed by atoms with Crippen LogP contribution in [0.3, 0.4) is 0 Å². The first-order valence-corrected chi connectivity index (χ1v) is 11.8. The molecule has 1 N–H and O–H groups in total. The molecule has 6 rings (SSSR count). The molecule has 34 heavy (non-hydrogen) atoms. The van der Waals surface area contributed by atoms with Gasteiger partial charge in [0.2, 0.25) is 0 Å². The predicted molar refractivity (Wildman–Crippen MR) is 126 cm³/mol. The summed E-state index contributed by atoms with van der Waals surface area (Å²) in [5.41, 5.74) is 3.49. The number of aromatic carboxylic acids is 1. The molecule has 2 aromatic heterocycles. The highest BCUT2D eigenvalue weighted by Gasteiger charge is 2.31. The molecule has 9 nitrogen and oxygen atoms in total. The van der Waals surface area contributed by atoms with Crippen LogP contribution in [-0.2, 0) is 9.47 Å². The lowest BCUT2D eigenvalue weighted by Crippen LogP contribution is -2.48. The van der Waals surface area contributed by atoms with E-state index in [0.717, 1.165) is 61.5 Å². The standard InChI is InChI=1S/C25H27N5O4/c31-25(32)19-15-20(29-11-9-28(10-12-29)16-21-33-13-14-34-21)22-23(17-5-4-6-17)27-30(24(22)26-19)18-7-2-1-3-8-18/h1-3,7-8,13-15,17,21H,4-6,9-12,16H2,(H,31,32). The molecule has 9 heteroatoms. The quantitative estimate of drug-likeness (QED) is 0.598. The van der Waals surface area contributed by atoms with Gasteiger partial charge in [-0.15, -0.1) is 0 Å². The summed E-state index contributed by atoms with van der Waals surface area (Å²) in [6.07, 6.45) is 6.29. The SMILES string of the molecule is O=C(O)c1cc(N2CCN(CC3OC=CO3)CC2)c2c(C3CCC3)nn(-c3ccccc3)c2n1. The molecule has 2 fully saturated rings. The molecular formula is C25H27N5O4. The summed E-state index contributed by atoms with van der Waals surface area (Å²) in [7, 11) is 0. The van der Waals surface area contributed by atoms with E-state index in [9.17, 15) is 9.90 Å². The molecule has 1 aromatic carbocycles. The van der Waals surface area contributed by atoms with Crippen molar-refractivity contribution < 1.29 is 19.4 Å². The van der Waals surface area contributed by atoms with E-state index in [1.807, 2.05) is 35.0 Å². The van der Waals surface area contributed by atoms with Crippen LogP contribution in [0.4, 0.5) is 5.69 Å². The number of ether oxygens (including phenoxy) is 2. The number of nitrogens with zero attached hydrogens (tertiary/aromatic N) is 5. The Morgan fingerprint density at radius 3 is 2.44 bits per heavy atom. The molecular weight excluding hydrogens is 434 g/mol. The predicted octanol–water partition coefficient (Wildman–Crippen LogP) is 3.35. The number of anilines is 1. The minimum absolute atomic E-state index is 0.0426. The molecule has 0 atom stereocenters. The van der Waals surface area contributed by atoms with Crippen molar-refractivity contribution in [2.45, 2.75) is 31.5 Å². The number of benzene rings is 1. The number of rotatable bonds is 6. The fourth-order valence-corrected chi connectivity index (χ4v) is 4.94. The zero-order valence-electron chi connectivity index (χ0n) is 18.8. The van der Waals surface area contributed by atoms with Gasteiger partial charge in [-0.05, 0) is 31.0 Å². The Labute approximate surface area is 197 Å². The van der Waals surface area contributed by atoms with Crippen LogP contribution in [0.2, 0.25) is 0 Å². The van der Waals surface area contributed by atoms with Crippen molar-refractivity contribution in [3.05, 3.63) is 60.3 Å². The van der Waals surface area contributed by atoms with Gasteiger partial charge in [0.15, 0.2) is 11.3 Å². The Bertz CT molecular complexity index is 1220. The van der Waals surface area contributed by atoms with E-state index in [-0.39, 0.29) is 12.0 Å². The molecule has 0 unspecified atom stereocenters. The Kier molecular flexibility index (Phi) is 5.33. The number of fused-ring (bicyclic) bond motifs is 1. The van der Waals surface area contributed by atoms with Crippen molar-refractivity contribution >= 4 is 22.7 Å². The number of hydrogen-bond acceptors (Lipinski definition) is 7. The highest BCUT2D eigenvalue weighted by Crippen LogP contribution is 2.42. The smallest absolute Gasteiger partial charge is 0.354 e. The normalized spacial score (nSPS) is 19.2. The van der Waals surface area contributed by atoms with Crippen LogP contribution in [-0.4, -0.2) is 69.8 Å². The van der Waals surface area contributed by atoms with Crippen LogP contribution in [0.25, 0.3) is 16.7 Å². The van der Waals surface area contributed by atoms with Gasteiger partial charge >= 0.3 is 5.97 Å². The summed E-state index contributed by atoms with van der Waals surface area (Å²) in [5.74, 6) is -0.648. The molecule has 1 saturated carbocycles. The number of hydrogen-bond donors (Lipinski definition) is 1. The Morgan fingerprint density at radius 1 is 1.06 bits per heavy atom. The Morgan fingerprint density at radius 2 is 1.79 bits per heavy atom. The first kappa shape index (κ1) is 21.0. The van der Waals surface area contributed by atoms with E-state index in [2.05, 4.69) is 14.8 Å². The molecule has 3 aliphatic rings. The first-order chi connectivity index (χ1) is 16.7. The van der Waals surface area contributed by atoms with Gasteiger partial charge in [-0.1, -0.05) is 24.6 Å². The maximum absolute atomic E-state index is 12.0. The number of piperazine rings is 1. The second-order valence-corrected chi connectivity index (χ2v) is 9.05. The number of carboxylic acid groups (broad SMARTS) is 1. The van der Waals surface area contributed by atoms with Gasteiger partial charge in [-0.2, -0.15) is 5.10 Å². The van der Waals surface area contributed by atoms with Gasteiger partial charge in [0.25, 0.3) is 6.29 Å². The van der Waals surface area contributed by atoms with Gasteiger partial charge in [0.1, 0.15) is 12.5 Å². The summed E-state index contributed by atoms with van der Waals surface area (Å²) in [5, 5.41) is 15.8. The molecule has 2 aliphatic heterocycles. The van der Waals surface area contributed by atoms with Crippen LogP contribution in [0.15, 0.2) is 48.9 Å². The topological polar surface area (TPSA) is 93.0 Å². The van der Waals surface area contributed by atoms with E-state index in [4.69, 9.17) is 14.6 Å². The summed E-state index contributed by atoms with van der Waals surface area (Å²) < 4.78 is 12.7. The van der Waals surface area contributed by atoms with Gasteiger partial charge in [0, 0.05) is 32.1 Å². The van der Waals surface area contributed by atoms with Crippen LogP contribution in [0, 0.1) is 0 Å². The second kappa shape index (κ2) is 8.64. The first-order valence-electron chi connectivity index (χ1n) is 11.8. The molecule has 0 amide bonds. The van der Waals surface area contributed by atoms with Crippen molar-refractivity contribution in [1.82, 2.24) is 19.7 Å². The fourth-order valence-electron chi connectivity index (χ4n) is 4.94. The number of pyridine rings is 1. The van der Waals surface area contributed by atoms with E-state index >= 15 is 0 Å². The fraction of sp³-hybridized carbons (Fsp3) is 0.400. The monoisotopic (exact) mass is 461 g/mol. The van der Waals surface area contributed by atoms with Crippen molar-refractivity contribution in [3.63, 3.8) is 0 Å². The molecule has 0 bridgehead atoms. The van der Waals surface area contributed by atoms with E-state index < -0.39 is 5.97 Å². The molecule has 0 radical (unpaired) electrons. The van der Waals surface area contributed by atoms with Crippen molar-refractivity contribution in [1.29, 1.82) is 0 Å². The van der Waals surface area contributed by atoms with Gasteiger partial charge in [0.05, 0.1) is 29.0 Å². The lowest BCUT2D eigenvalue weighted by atomic mass is 9.82. The minimum atomic E-state index is -1.03. The number of para-hydroxylation sites is 1. The maximum atomic E-state index is 12.0. The van der Waals surface area contributed by atoms with Crippen LogP contribution in [0.5, 0.6) is 0 Å². The van der Waals surface area contributed by atoms with Crippen molar-refractivity contribution in [3.8, 4) is 5.69 Å². The van der Waals surface area contributed by atoms with E-state index in [1.54, 1.807) is 18.6 Å². The summed E-state index contributed by atoms with van der Waals surface area (Å²) in [4.78, 5) is 21.2. The van der Waals surface area contributed by atoms with Gasteiger partial charge in [-0.25, -0.2) is 14.5 Å². The lowest BCUT2D eigenvalue weighted by molar-refractivity contribution is -0.0459. The number of aromatic nitrogens is 3. The van der Waals surface area contributed by atoms with Crippen molar-refractivity contribution in [2.75, 3.05) is 37.6 Å². The zero-order valence-corrected chi connectivity index (χ0v) is 18.8. The van der Waals surface area contributed by atoms with Crippen molar-refractivity contribution in [2.24, 2.45) is 0 Å². The average molecular weight is 462 g/mol. The molecule has 1 saturated heterocycles. The number of carboxylic acids is 1. The third-order valence-electron chi connectivity index (χ3n) is 6.99. The molecule has 176 valence electrons. The molecule has 4 heterocycles. The van der Waals surface area contributed by atoms with Crippen LogP contribution in [0.1, 0.15) is 41.4 Å². The molecule has 0 spiro atoms. The highest BCUT2D eigenvalue weighted by atomic mass is 16.7. The second-order valence-electron chi connectivity index (χ2n) is 9.05. The van der Waals surface area contributed by atoms with Gasteiger partial charge < -0.3 is 19.5 Å². The molecule has 3 aromatic rings.